The third kappa shape index (κ3) is 3.03. The summed E-state index contributed by atoms with van der Waals surface area (Å²) in [6.07, 6.45) is 0. The van der Waals surface area contributed by atoms with Gasteiger partial charge in [0.1, 0.15) is 5.82 Å². The summed E-state index contributed by atoms with van der Waals surface area (Å²) < 4.78 is 0. The Balaban J connectivity index is 2.31. The first-order valence-corrected chi connectivity index (χ1v) is 6.15. The number of nitro groups is 1. The van der Waals surface area contributed by atoms with Crippen LogP contribution in [0.1, 0.15) is 11.1 Å². The van der Waals surface area contributed by atoms with Crippen molar-refractivity contribution in [1.29, 1.82) is 0 Å². The van der Waals surface area contributed by atoms with Crippen LogP contribution in [0.25, 0.3) is 0 Å². The van der Waals surface area contributed by atoms with Gasteiger partial charge in [0.25, 0.3) is 0 Å². The van der Waals surface area contributed by atoms with Crippen molar-refractivity contribution in [1.82, 2.24) is 4.98 Å². The first-order chi connectivity index (χ1) is 9.47. The fourth-order valence-corrected chi connectivity index (χ4v) is 2.04. The number of aryl methyl sites for hydroxylation is 1. The Hall–Kier alpha value is -2.63. The van der Waals surface area contributed by atoms with Gasteiger partial charge in [0, 0.05) is 19.7 Å². The molecule has 2 rings (SSSR count). The van der Waals surface area contributed by atoms with Crippen LogP contribution in [0.5, 0.6) is 0 Å². The van der Waals surface area contributed by atoms with E-state index in [0.29, 0.717) is 6.54 Å². The van der Waals surface area contributed by atoms with Crippen LogP contribution in [0.3, 0.4) is 0 Å². The van der Waals surface area contributed by atoms with Gasteiger partial charge in [-0.25, -0.2) is 4.98 Å². The molecule has 0 saturated heterocycles. The molecule has 6 heteroatoms. The fraction of sp³-hybridized carbons (Fsp3) is 0.214. The molecule has 0 aliphatic carbocycles. The highest BCUT2D eigenvalue weighted by molar-refractivity contribution is 5.60. The Kier molecular flexibility index (Phi) is 3.84. The lowest BCUT2D eigenvalue weighted by Gasteiger charge is -2.18. The molecule has 0 saturated carbocycles. The zero-order valence-corrected chi connectivity index (χ0v) is 11.4. The molecule has 104 valence electrons. The number of nitrogens with two attached hydrogens (primary N) is 1. The minimum absolute atomic E-state index is 0.0469. The van der Waals surface area contributed by atoms with Crippen LogP contribution < -0.4 is 10.6 Å². The molecule has 1 aromatic heterocycles. The second-order valence-electron chi connectivity index (χ2n) is 4.68. The summed E-state index contributed by atoms with van der Waals surface area (Å²) in [6.45, 7) is 2.53. The molecule has 0 bridgehead atoms. The Labute approximate surface area is 117 Å². The smallest absolute Gasteiger partial charge is 0.311 e. The highest BCUT2D eigenvalue weighted by Crippen LogP contribution is 2.27. The second-order valence-corrected chi connectivity index (χ2v) is 4.68. The number of hydrogen-bond acceptors (Lipinski definition) is 5. The van der Waals surface area contributed by atoms with Gasteiger partial charge in [-0.15, -0.1) is 0 Å². The second kappa shape index (κ2) is 5.56. The van der Waals surface area contributed by atoms with Gasteiger partial charge in [0.15, 0.2) is 0 Å². The quantitative estimate of drug-likeness (QED) is 0.682. The molecule has 0 amide bonds. The largest absolute Gasteiger partial charge is 0.384 e. The van der Waals surface area contributed by atoms with Gasteiger partial charge in [-0.05, 0) is 18.6 Å². The minimum atomic E-state index is -0.450. The van der Waals surface area contributed by atoms with Crippen LogP contribution in [0, 0.1) is 17.0 Å². The van der Waals surface area contributed by atoms with Crippen LogP contribution in [0.4, 0.5) is 17.3 Å². The lowest BCUT2D eigenvalue weighted by atomic mass is 10.1. The topological polar surface area (TPSA) is 85.3 Å². The minimum Gasteiger partial charge on any atom is -0.384 e. The lowest BCUT2D eigenvalue weighted by Crippen LogP contribution is -2.19. The molecule has 0 unspecified atom stereocenters. The summed E-state index contributed by atoms with van der Waals surface area (Å²) in [5, 5.41) is 11.0. The maximum Gasteiger partial charge on any atom is 0.311 e. The van der Waals surface area contributed by atoms with Gasteiger partial charge in [-0.1, -0.05) is 29.8 Å². The number of anilines is 2. The average Bonchev–Trinajstić information content (AvgIpc) is 2.38. The SMILES string of the molecule is Cc1cccc(CN(C)c2nc(N)ccc2[N+](=O)[O-])c1. The standard InChI is InChI=1S/C14H16N4O2/c1-10-4-3-5-11(8-10)9-17(2)14-12(18(19)20)6-7-13(15)16-14/h3-8H,9H2,1-2H3,(H2,15,16). The van der Waals surface area contributed by atoms with E-state index in [9.17, 15) is 10.1 Å². The van der Waals surface area contributed by atoms with Gasteiger partial charge in [0.05, 0.1) is 4.92 Å². The monoisotopic (exact) mass is 272 g/mol. The Bertz CT molecular complexity index is 643. The zero-order chi connectivity index (χ0) is 14.7. The number of nitrogen functional groups attached to an aromatic ring is 1. The molecule has 2 N–H and O–H groups in total. The number of nitrogens with zero attached hydrogens (tertiary/aromatic N) is 3. The first kappa shape index (κ1) is 13.8. The number of benzene rings is 1. The molecule has 2 aromatic rings. The predicted molar refractivity (Wildman–Crippen MR) is 78.6 cm³/mol. The summed E-state index contributed by atoms with van der Waals surface area (Å²) >= 11 is 0. The molecule has 0 atom stereocenters. The van der Waals surface area contributed by atoms with Gasteiger partial charge < -0.3 is 10.6 Å². The third-order valence-electron chi connectivity index (χ3n) is 2.94. The molecular formula is C14H16N4O2. The average molecular weight is 272 g/mol. The molecule has 1 aromatic carbocycles. The molecule has 0 aliphatic rings. The molecule has 0 fully saturated rings. The molecular weight excluding hydrogens is 256 g/mol. The summed E-state index contributed by atoms with van der Waals surface area (Å²) in [4.78, 5) is 16.4. The maximum absolute atomic E-state index is 11.0. The number of hydrogen-bond donors (Lipinski definition) is 1. The summed E-state index contributed by atoms with van der Waals surface area (Å²) in [6, 6.07) is 10.8. The molecule has 20 heavy (non-hydrogen) atoms. The lowest BCUT2D eigenvalue weighted by molar-refractivity contribution is -0.384. The molecule has 0 spiro atoms. The van der Waals surface area contributed by atoms with E-state index in [2.05, 4.69) is 4.98 Å². The zero-order valence-electron chi connectivity index (χ0n) is 11.4. The van der Waals surface area contributed by atoms with Crippen LogP contribution in [-0.4, -0.2) is 17.0 Å². The Morgan fingerprint density at radius 2 is 2.10 bits per heavy atom. The van der Waals surface area contributed by atoms with Crippen LogP contribution in [0.15, 0.2) is 36.4 Å². The summed E-state index contributed by atoms with van der Waals surface area (Å²) in [5.74, 6) is 0.540. The fourth-order valence-electron chi connectivity index (χ4n) is 2.04. The molecule has 6 nitrogen and oxygen atoms in total. The molecule has 1 heterocycles. The van der Waals surface area contributed by atoms with Gasteiger partial charge in [-0.3, -0.25) is 10.1 Å². The van der Waals surface area contributed by atoms with E-state index < -0.39 is 4.92 Å². The summed E-state index contributed by atoms with van der Waals surface area (Å²) in [5.41, 5.74) is 7.78. The van der Waals surface area contributed by atoms with Crippen LogP contribution in [0.2, 0.25) is 0 Å². The van der Waals surface area contributed by atoms with Gasteiger partial charge in [0.2, 0.25) is 5.82 Å². The third-order valence-corrected chi connectivity index (χ3v) is 2.94. The van der Waals surface area contributed by atoms with Crippen molar-refractivity contribution in [3.05, 3.63) is 57.6 Å². The van der Waals surface area contributed by atoms with Crippen molar-refractivity contribution >= 4 is 17.3 Å². The normalized spacial score (nSPS) is 10.3. The van der Waals surface area contributed by atoms with E-state index in [1.54, 1.807) is 11.9 Å². The van der Waals surface area contributed by atoms with E-state index in [-0.39, 0.29) is 17.3 Å². The van der Waals surface area contributed by atoms with Crippen molar-refractivity contribution in [3.8, 4) is 0 Å². The molecule has 0 aliphatic heterocycles. The predicted octanol–water partition coefficient (Wildman–Crippen LogP) is 2.52. The Morgan fingerprint density at radius 1 is 1.35 bits per heavy atom. The van der Waals surface area contributed by atoms with Crippen LogP contribution >= 0.6 is 0 Å². The van der Waals surface area contributed by atoms with Gasteiger partial charge >= 0.3 is 5.69 Å². The van der Waals surface area contributed by atoms with E-state index in [1.807, 2.05) is 31.2 Å². The number of rotatable bonds is 4. The van der Waals surface area contributed by atoms with E-state index in [0.717, 1.165) is 11.1 Å². The highest BCUT2D eigenvalue weighted by atomic mass is 16.6. The maximum atomic E-state index is 11.0. The van der Waals surface area contributed by atoms with Crippen molar-refractivity contribution < 1.29 is 4.92 Å². The number of aromatic nitrogens is 1. The highest BCUT2D eigenvalue weighted by Gasteiger charge is 2.19. The Morgan fingerprint density at radius 3 is 2.75 bits per heavy atom. The van der Waals surface area contributed by atoms with Crippen LogP contribution in [-0.2, 0) is 6.54 Å². The van der Waals surface area contributed by atoms with E-state index >= 15 is 0 Å². The van der Waals surface area contributed by atoms with Crippen molar-refractivity contribution in [3.63, 3.8) is 0 Å². The molecule has 0 radical (unpaired) electrons. The van der Waals surface area contributed by atoms with E-state index in [1.165, 1.54) is 12.1 Å². The van der Waals surface area contributed by atoms with Crippen molar-refractivity contribution in [2.75, 3.05) is 17.7 Å². The van der Waals surface area contributed by atoms with Crippen molar-refractivity contribution in [2.45, 2.75) is 13.5 Å². The van der Waals surface area contributed by atoms with Crippen molar-refractivity contribution in [2.24, 2.45) is 0 Å². The van der Waals surface area contributed by atoms with Gasteiger partial charge in [-0.2, -0.15) is 0 Å². The summed E-state index contributed by atoms with van der Waals surface area (Å²) in [7, 11) is 1.76. The first-order valence-electron chi connectivity index (χ1n) is 6.15. The number of pyridine rings is 1. The van der Waals surface area contributed by atoms with E-state index in [4.69, 9.17) is 5.73 Å².